The lowest BCUT2D eigenvalue weighted by atomic mass is 10.2. The smallest absolute Gasteiger partial charge is 0.387 e. The normalized spacial score (nSPS) is 19.7. The lowest BCUT2D eigenvalue weighted by Gasteiger charge is -2.19. The van der Waals surface area contributed by atoms with E-state index in [1.807, 2.05) is 0 Å². The number of nitrogens with zero attached hydrogens (tertiary/aromatic N) is 1. The molecule has 1 amide bonds. The van der Waals surface area contributed by atoms with Crippen LogP contribution in [0, 0.1) is 0 Å². The van der Waals surface area contributed by atoms with Crippen molar-refractivity contribution >= 4 is 39.1 Å². The first kappa shape index (κ1) is 13.5. The van der Waals surface area contributed by atoms with Crippen molar-refractivity contribution in [1.82, 2.24) is 0 Å². The van der Waals surface area contributed by atoms with Crippen LogP contribution in [0.4, 0.5) is 14.5 Å². The fourth-order valence-corrected chi connectivity index (χ4v) is 2.41. The molecule has 1 heterocycles. The number of carbonyl (C=O) groups is 1. The van der Waals surface area contributed by atoms with Gasteiger partial charge in [0, 0.05) is 17.4 Å². The Hall–Kier alpha value is -0.880. The summed E-state index contributed by atoms with van der Waals surface area (Å²) in [6, 6.07) is 4.60. The zero-order valence-corrected chi connectivity index (χ0v) is 11.4. The second-order valence-electron chi connectivity index (χ2n) is 3.80. The molecule has 1 unspecified atom stereocenters. The Bertz CT molecular complexity index is 472. The van der Waals surface area contributed by atoms with Crippen LogP contribution in [0.1, 0.15) is 6.42 Å². The first-order chi connectivity index (χ1) is 8.47. The zero-order valence-electron chi connectivity index (χ0n) is 9.08. The lowest BCUT2D eigenvalue weighted by Crippen LogP contribution is -2.25. The van der Waals surface area contributed by atoms with E-state index in [0.29, 0.717) is 16.7 Å². The third kappa shape index (κ3) is 2.92. The molecule has 1 aromatic carbocycles. The molecular weight excluding hydrogens is 331 g/mol. The lowest BCUT2D eigenvalue weighted by molar-refractivity contribution is -0.117. The maximum atomic E-state index is 12.3. The van der Waals surface area contributed by atoms with Crippen LogP contribution in [0.3, 0.4) is 0 Å². The fourth-order valence-electron chi connectivity index (χ4n) is 1.80. The number of alkyl halides is 3. The number of hydrogen-bond donors (Lipinski definition) is 0. The number of anilines is 1. The van der Waals surface area contributed by atoms with Crippen LogP contribution >= 0.6 is 27.5 Å². The summed E-state index contributed by atoms with van der Waals surface area (Å²) in [6.07, 6.45) is 0.200. The largest absolute Gasteiger partial charge is 0.433 e. The predicted molar refractivity (Wildman–Crippen MR) is 67.4 cm³/mol. The predicted octanol–water partition coefficient (Wildman–Crippen LogP) is 3.39. The molecule has 0 aliphatic carbocycles. The van der Waals surface area contributed by atoms with Gasteiger partial charge in [0.05, 0.1) is 11.1 Å². The second-order valence-corrected chi connectivity index (χ2v) is 5.33. The van der Waals surface area contributed by atoms with E-state index in [9.17, 15) is 13.6 Å². The molecule has 1 saturated heterocycles. The standard InChI is InChI=1S/C11H9BrClF2NO2/c12-6-1-2-8(9(3-6)18-11(14)15)16-5-7(13)4-10(16)17/h1-3,7,11H,4-5H2. The minimum Gasteiger partial charge on any atom is -0.433 e. The van der Waals surface area contributed by atoms with E-state index in [2.05, 4.69) is 20.7 Å². The molecule has 0 radical (unpaired) electrons. The van der Waals surface area contributed by atoms with Crippen molar-refractivity contribution in [2.24, 2.45) is 0 Å². The van der Waals surface area contributed by atoms with Crippen molar-refractivity contribution in [2.75, 3.05) is 11.4 Å². The van der Waals surface area contributed by atoms with Gasteiger partial charge in [-0.1, -0.05) is 15.9 Å². The van der Waals surface area contributed by atoms with Gasteiger partial charge in [0.25, 0.3) is 0 Å². The molecule has 0 aromatic heterocycles. The highest BCUT2D eigenvalue weighted by molar-refractivity contribution is 9.10. The molecule has 1 fully saturated rings. The van der Waals surface area contributed by atoms with E-state index in [4.69, 9.17) is 11.6 Å². The van der Waals surface area contributed by atoms with E-state index in [0.717, 1.165) is 0 Å². The highest BCUT2D eigenvalue weighted by Gasteiger charge is 2.31. The van der Waals surface area contributed by atoms with Crippen LogP contribution in [0.2, 0.25) is 0 Å². The van der Waals surface area contributed by atoms with E-state index in [1.165, 1.54) is 11.0 Å². The van der Waals surface area contributed by atoms with Gasteiger partial charge in [0.1, 0.15) is 0 Å². The number of hydrogen-bond acceptors (Lipinski definition) is 2. The Labute approximate surface area is 116 Å². The van der Waals surface area contributed by atoms with Gasteiger partial charge in [-0.15, -0.1) is 11.6 Å². The summed E-state index contributed by atoms with van der Waals surface area (Å²) in [4.78, 5) is 13.1. The SMILES string of the molecule is O=C1CC(Cl)CN1c1ccc(Br)cc1OC(F)F. The van der Waals surface area contributed by atoms with Crippen molar-refractivity contribution in [1.29, 1.82) is 0 Å². The maximum Gasteiger partial charge on any atom is 0.387 e. The van der Waals surface area contributed by atoms with Crippen LogP contribution in [-0.4, -0.2) is 24.4 Å². The Morgan fingerprint density at radius 2 is 2.22 bits per heavy atom. The van der Waals surface area contributed by atoms with Gasteiger partial charge in [-0.05, 0) is 18.2 Å². The van der Waals surface area contributed by atoms with Crippen molar-refractivity contribution in [2.45, 2.75) is 18.4 Å². The van der Waals surface area contributed by atoms with Gasteiger partial charge in [0.2, 0.25) is 5.91 Å². The van der Waals surface area contributed by atoms with E-state index in [1.54, 1.807) is 12.1 Å². The number of carbonyl (C=O) groups excluding carboxylic acids is 1. The summed E-state index contributed by atoms with van der Waals surface area (Å²) in [5.41, 5.74) is 0.312. The number of ether oxygens (including phenoxy) is 1. The van der Waals surface area contributed by atoms with Gasteiger partial charge in [-0.2, -0.15) is 8.78 Å². The summed E-state index contributed by atoms with van der Waals surface area (Å²) in [7, 11) is 0. The summed E-state index contributed by atoms with van der Waals surface area (Å²) in [6.45, 7) is -2.65. The Balaban J connectivity index is 2.34. The first-order valence-corrected chi connectivity index (χ1v) is 6.39. The molecule has 0 bridgehead atoms. The monoisotopic (exact) mass is 339 g/mol. The zero-order chi connectivity index (χ0) is 13.3. The summed E-state index contributed by atoms with van der Waals surface area (Å²) in [5, 5.41) is -0.305. The molecule has 1 aromatic rings. The topological polar surface area (TPSA) is 29.5 Å². The molecule has 18 heavy (non-hydrogen) atoms. The molecular formula is C11H9BrClF2NO2. The summed E-state index contributed by atoms with van der Waals surface area (Å²) in [5.74, 6) is -0.241. The highest BCUT2D eigenvalue weighted by atomic mass is 79.9. The van der Waals surface area contributed by atoms with Crippen LogP contribution in [0.15, 0.2) is 22.7 Å². The minimum absolute atomic E-state index is 0.0431. The first-order valence-electron chi connectivity index (χ1n) is 5.16. The average Bonchev–Trinajstić information content (AvgIpc) is 2.57. The van der Waals surface area contributed by atoms with Gasteiger partial charge in [-0.25, -0.2) is 0 Å². The Morgan fingerprint density at radius 1 is 1.50 bits per heavy atom. The third-order valence-electron chi connectivity index (χ3n) is 2.51. The Kier molecular flexibility index (Phi) is 4.07. The number of benzene rings is 1. The van der Waals surface area contributed by atoms with Crippen LogP contribution in [0.5, 0.6) is 5.75 Å². The minimum atomic E-state index is -2.94. The summed E-state index contributed by atoms with van der Waals surface area (Å²) < 4.78 is 29.7. The van der Waals surface area contributed by atoms with Gasteiger partial charge in [-0.3, -0.25) is 4.79 Å². The number of halogens is 4. The van der Waals surface area contributed by atoms with Gasteiger partial charge >= 0.3 is 6.61 Å². The molecule has 0 N–H and O–H groups in total. The number of rotatable bonds is 3. The molecule has 0 spiro atoms. The quantitative estimate of drug-likeness (QED) is 0.789. The molecule has 1 aliphatic rings. The van der Waals surface area contributed by atoms with Crippen molar-refractivity contribution in [3.8, 4) is 5.75 Å². The molecule has 3 nitrogen and oxygen atoms in total. The van der Waals surface area contributed by atoms with Crippen molar-refractivity contribution in [3.63, 3.8) is 0 Å². The van der Waals surface area contributed by atoms with E-state index in [-0.39, 0.29) is 23.5 Å². The average molecular weight is 341 g/mol. The highest BCUT2D eigenvalue weighted by Crippen LogP contribution is 2.35. The van der Waals surface area contributed by atoms with Gasteiger partial charge in [0.15, 0.2) is 5.75 Å². The fraction of sp³-hybridized carbons (Fsp3) is 0.364. The molecule has 1 aliphatic heterocycles. The molecule has 0 saturated carbocycles. The van der Waals surface area contributed by atoms with Crippen molar-refractivity contribution in [3.05, 3.63) is 22.7 Å². The second kappa shape index (κ2) is 5.40. The number of amides is 1. The molecule has 98 valence electrons. The molecule has 7 heteroatoms. The molecule has 2 rings (SSSR count). The Morgan fingerprint density at radius 3 is 2.78 bits per heavy atom. The van der Waals surface area contributed by atoms with Crippen molar-refractivity contribution < 1.29 is 18.3 Å². The van der Waals surface area contributed by atoms with Crippen LogP contribution in [0.25, 0.3) is 0 Å². The van der Waals surface area contributed by atoms with E-state index >= 15 is 0 Å². The van der Waals surface area contributed by atoms with E-state index < -0.39 is 6.61 Å². The maximum absolute atomic E-state index is 12.3. The van der Waals surface area contributed by atoms with Gasteiger partial charge < -0.3 is 9.64 Å². The van der Waals surface area contributed by atoms with Crippen LogP contribution in [-0.2, 0) is 4.79 Å². The summed E-state index contributed by atoms with van der Waals surface area (Å²) >= 11 is 9.05. The third-order valence-corrected chi connectivity index (χ3v) is 3.29. The molecule has 1 atom stereocenters. The van der Waals surface area contributed by atoms with Crippen LogP contribution < -0.4 is 9.64 Å².